The number of hydrogen-bond donors (Lipinski definition) is 1. The lowest BCUT2D eigenvalue weighted by molar-refractivity contribution is -0.130. The van der Waals surface area contributed by atoms with Crippen molar-refractivity contribution in [2.45, 2.75) is 18.1 Å². The van der Waals surface area contributed by atoms with Crippen molar-refractivity contribution in [3.05, 3.63) is 34.6 Å². The minimum Gasteiger partial charge on any atom is -0.385 e. The van der Waals surface area contributed by atoms with Crippen LogP contribution in [0.4, 0.5) is 0 Å². The Balaban J connectivity index is 2.15. The van der Waals surface area contributed by atoms with Crippen LogP contribution >= 0.6 is 11.8 Å². The molecule has 0 aliphatic heterocycles. The number of carbonyl (C=O) groups is 2. The standard InChI is InChI=1S/C18H24N4O4S/c1-21(2)16(24)11-19-15(23)12-27-18-20-14-8-5-4-7-13(14)17(25)22(18)9-6-10-26-3/h4-5,7-8H,6,9-12H2,1-3H3,(H,19,23). The quantitative estimate of drug-likeness (QED) is 0.384. The maximum atomic E-state index is 12.8. The Hall–Kier alpha value is -2.39. The Labute approximate surface area is 161 Å². The molecule has 2 amide bonds. The summed E-state index contributed by atoms with van der Waals surface area (Å²) in [6.45, 7) is 0.919. The zero-order chi connectivity index (χ0) is 19.8. The second-order valence-corrected chi connectivity index (χ2v) is 7.01. The van der Waals surface area contributed by atoms with Gasteiger partial charge in [0.25, 0.3) is 5.56 Å². The maximum Gasteiger partial charge on any atom is 0.262 e. The Morgan fingerprint density at radius 1 is 1.30 bits per heavy atom. The van der Waals surface area contributed by atoms with Gasteiger partial charge in [-0.1, -0.05) is 23.9 Å². The lowest BCUT2D eigenvalue weighted by Gasteiger charge is -2.13. The number of thioether (sulfide) groups is 1. The molecule has 0 aliphatic carbocycles. The summed E-state index contributed by atoms with van der Waals surface area (Å²) in [5, 5.41) is 3.59. The van der Waals surface area contributed by atoms with Gasteiger partial charge >= 0.3 is 0 Å². The molecule has 0 saturated heterocycles. The molecule has 8 nitrogen and oxygen atoms in total. The van der Waals surface area contributed by atoms with Gasteiger partial charge in [0.15, 0.2) is 5.16 Å². The van der Waals surface area contributed by atoms with E-state index < -0.39 is 0 Å². The number of methoxy groups -OCH3 is 1. The van der Waals surface area contributed by atoms with Crippen molar-refractivity contribution in [2.24, 2.45) is 0 Å². The van der Waals surface area contributed by atoms with Gasteiger partial charge in [-0.2, -0.15) is 0 Å². The molecular formula is C18H24N4O4S. The minimum atomic E-state index is -0.291. The maximum absolute atomic E-state index is 12.8. The van der Waals surface area contributed by atoms with Crippen LogP contribution in [0, 0.1) is 0 Å². The first-order valence-corrected chi connectivity index (χ1v) is 9.50. The third-order valence-electron chi connectivity index (χ3n) is 3.82. The number of carbonyl (C=O) groups excluding carboxylic acids is 2. The highest BCUT2D eigenvalue weighted by Crippen LogP contribution is 2.18. The summed E-state index contributed by atoms with van der Waals surface area (Å²) in [5.74, 6) is -0.412. The highest BCUT2D eigenvalue weighted by Gasteiger charge is 2.14. The van der Waals surface area contributed by atoms with Crippen molar-refractivity contribution < 1.29 is 14.3 Å². The predicted octanol–water partition coefficient (Wildman–Crippen LogP) is 0.730. The molecule has 0 atom stereocenters. The van der Waals surface area contributed by atoms with Crippen LogP contribution in [0.3, 0.4) is 0 Å². The molecule has 1 aromatic heterocycles. The predicted molar refractivity (Wildman–Crippen MR) is 105 cm³/mol. The first-order valence-electron chi connectivity index (χ1n) is 8.52. The number of aromatic nitrogens is 2. The summed E-state index contributed by atoms with van der Waals surface area (Å²) in [4.78, 5) is 42.3. The molecule has 0 unspecified atom stereocenters. The van der Waals surface area contributed by atoms with Crippen molar-refractivity contribution in [3.63, 3.8) is 0 Å². The third-order valence-corrected chi connectivity index (χ3v) is 4.80. The van der Waals surface area contributed by atoms with Gasteiger partial charge in [0.05, 0.1) is 23.2 Å². The molecular weight excluding hydrogens is 368 g/mol. The molecule has 9 heteroatoms. The van der Waals surface area contributed by atoms with Gasteiger partial charge in [0.2, 0.25) is 11.8 Å². The van der Waals surface area contributed by atoms with Gasteiger partial charge in [-0.3, -0.25) is 19.0 Å². The largest absolute Gasteiger partial charge is 0.385 e. The lowest BCUT2D eigenvalue weighted by atomic mass is 10.2. The molecule has 27 heavy (non-hydrogen) atoms. The van der Waals surface area contributed by atoms with E-state index >= 15 is 0 Å². The van der Waals surface area contributed by atoms with Crippen LogP contribution in [0.5, 0.6) is 0 Å². The topological polar surface area (TPSA) is 93.5 Å². The fourth-order valence-electron chi connectivity index (χ4n) is 2.34. The highest BCUT2D eigenvalue weighted by atomic mass is 32.2. The van der Waals surface area contributed by atoms with E-state index in [4.69, 9.17) is 4.74 Å². The van der Waals surface area contributed by atoms with Crippen LogP contribution in [0.2, 0.25) is 0 Å². The number of rotatable bonds is 9. The number of likely N-dealkylation sites (N-methyl/N-ethyl adjacent to an activating group) is 1. The summed E-state index contributed by atoms with van der Waals surface area (Å²) < 4.78 is 6.63. The van der Waals surface area contributed by atoms with E-state index in [1.54, 1.807) is 44.0 Å². The fraction of sp³-hybridized carbons (Fsp3) is 0.444. The number of para-hydroxylation sites is 1. The first kappa shape index (κ1) is 20.9. The van der Waals surface area contributed by atoms with Crippen LogP contribution in [0.1, 0.15) is 6.42 Å². The molecule has 1 aromatic carbocycles. The smallest absolute Gasteiger partial charge is 0.262 e. The van der Waals surface area contributed by atoms with Gasteiger partial charge in [0.1, 0.15) is 0 Å². The Bertz CT molecular complexity index is 866. The zero-order valence-electron chi connectivity index (χ0n) is 15.7. The molecule has 0 spiro atoms. The van der Waals surface area contributed by atoms with E-state index in [-0.39, 0.29) is 29.7 Å². The first-order chi connectivity index (χ1) is 12.9. The summed E-state index contributed by atoms with van der Waals surface area (Å²) >= 11 is 1.18. The van der Waals surface area contributed by atoms with Gasteiger partial charge in [-0.15, -0.1) is 0 Å². The Morgan fingerprint density at radius 3 is 2.74 bits per heavy atom. The van der Waals surface area contributed by atoms with Gasteiger partial charge < -0.3 is 15.0 Å². The van der Waals surface area contributed by atoms with E-state index in [2.05, 4.69) is 10.3 Å². The molecule has 0 saturated carbocycles. The van der Waals surface area contributed by atoms with E-state index in [1.165, 1.54) is 16.7 Å². The van der Waals surface area contributed by atoms with E-state index in [0.29, 0.717) is 35.6 Å². The van der Waals surface area contributed by atoms with Crippen molar-refractivity contribution in [1.29, 1.82) is 0 Å². The molecule has 0 aliphatic rings. The summed E-state index contributed by atoms with van der Waals surface area (Å²) in [6.07, 6.45) is 0.660. The molecule has 0 bridgehead atoms. The minimum absolute atomic E-state index is 0.0574. The third kappa shape index (κ3) is 5.80. The average Bonchev–Trinajstić information content (AvgIpc) is 2.66. The fourth-order valence-corrected chi connectivity index (χ4v) is 3.19. The molecule has 2 aromatic rings. The van der Waals surface area contributed by atoms with Gasteiger partial charge in [-0.25, -0.2) is 4.98 Å². The number of ether oxygens (including phenoxy) is 1. The second-order valence-electron chi connectivity index (χ2n) is 6.07. The van der Waals surface area contributed by atoms with E-state index in [9.17, 15) is 14.4 Å². The van der Waals surface area contributed by atoms with Crippen LogP contribution in [0.15, 0.2) is 34.2 Å². The molecule has 2 rings (SSSR count). The number of fused-ring (bicyclic) bond motifs is 1. The molecule has 146 valence electrons. The monoisotopic (exact) mass is 392 g/mol. The Kier molecular flexibility index (Phi) is 7.81. The van der Waals surface area contributed by atoms with Crippen molar-refractivity contribution >= 4 is 34.5 Å². The van der Waals surface area contributed by atoms with Crippen molar-refractivity contribution in [1.82, 2.24) is 19.8 Å². The SMILES string of the molecule is COCCCn1c(SCC(=O)NCC(=O)N(C)C)nc2ccccc2c1=O. The highest BCUT2D eigenvalue weighted by molar-refractivity contribution is 7.99. The number of hydrogen-bond acceptors (Lipinski definition) is 6. The molecule has 1 heterocycles. The second kappa shape index (κ2) is 10.1. The molecule has 1 N–H and O–H groups in total. The van der Waals surface area contributed by atoms with Crippen molar-refractivity contribution in [3.8, 4) is 0 Å². The van der Waals surface area contributed by atoms with Crippen molar-refractivity contribution in [2.75, 3.05) is 40.1 Å². The number of nitrogens with one attached hydrogen (secondary N) is 1. The summed E-state index contributed by atoms with van der Waals surface area (Å²) in [6, 6.07) is 7.13. The van der Waals surface area contributed by atoms with Crippen LogP contribution < -0.4 is 10.9 Å². The Morgan fingerprint density at radius 2 is 2.04 bits per heavy atom. The summed E-state index contributed by atoms with van der Waals surface area (Å²) in [7, 11) is 4.86. The number of benzene rings is 1. The van der Waals surface area contributed by atoms with Crippen LogP contribution in [-0.2, 0) is 20.9 Å². The summed E-state index contributed by atoms with van der Waals surface area (Å²) in [5.41, 5.74) is 0.457. The normalized spacial score (nSPS) is 10.8. The van der Waals surface area contributed by atoms with E-state index in [0.717, 1.165) is 0 Å². The zero-order valence-corrected chi connectivity index (χ0v) is 16.5. The van der Waals surface area contributed by atoms with Crippen LogP contribution in [-0.4, -0.2) is 66.4 Å². The number of amides is 2. The average molecular weight is 392 g/mol. The molecule has 0 radical (unpaired) electrons. The number of nitrogens with zero attached hydrogens (tertiary/aromatic N) is 3. The van der Waals surface area contributed by atoms with Gasteiger partial charge in [-0.05, 0) is 18.6 Å². The molecule has 0 fully saturated rings. The van der Waals surface area contributed by atoms with Gasteiger partial charge in [0, 0.05) is 34.4 Å². The van der Waals surface area contributed by atoms with E-state index in [1.807, 2.05) is 6.07 Å². The lowest BCUT2D eigenvalue weighted by Crippen LogP contribution is -2.37. The van der Waals surface area contributed by atoms with Crippen LogP contribution in [0.25, 0.3) is 10.9 Å².